The van der Waals surface area contributed by atoms with Crippen molar-refractivity contribution < 1.29 is 0 Å². The third-order valence-corrected chi connectivity index (χ3v) is 5.89. The van der Waals surface area contributed by atoms with Crippen molar-refractivity contribution in [2.24, 2.45) is 4.99 Å². The molecule has 4 aromatic heterocycles. The Kier molecular flexibility index (Phi) is 4.12. The molecule has 0 unspecified atom stereocenters. The second-order valence-electron chi connectivity index (χ2n) is 7.99. The molecule has 0 saturated carbocycles. The maximum absolute atomic E-state index is 5.07. The van der Waals surface area contributed by atoms with E-state index in [1.807, 2.05) is 10.7 Å². The summed E-state index contributed by atoms with van der Waals surface area (Å²) < 4.78 is 1.86. The van der Waals surface area contributed by atoms with Crippen LogP contribution in [-0.4, -0.2) is 50.4 Å². The van der Waals surface area contributed by atoms with E-state index in [2.05, 4.69) is 71.0 Å². The molecule has 1 aliphatic heterocycles. The number of nitrogens with zero attached hydrogens (tertiary/aromatic N) is 6. The second kappa shape index (κ2) is 6.69. The lowest BCUT2D eigenvalue weighted by molar-refractivity contribution is 0.819. The van der Waals surface area contributed by atoms with Gasteiger partial charge < -0.3 is 9.88 Å². The monoisotopic (exact) mass is 387 g/mol. The summed E-state index contributed by atoms with van der Waals surface area (Å²) in [4.78, 5) is 19.7. The van der Waals surface area contributed by atoms with Gasteiger partial charge >= 0.3 is 0 Å². The SMILES string of the molecule is Cc1c(-c2[nH]c3ccc(N4CC=NCC4)nc3c2C(C)C)cn2ncnc2c1C. The van der Waals surface area contributed by atoms with Gasteiger partial charge in [0.05, 0.1) is 29.8 Å². The van der Waals surface area contributed by atoms with Crippen molar-refractivity contribution in [2.45, 2.75) is 33.6 Å². The first-order chi connectivity index (χ1) is 14.0. The van der Waals surface area contributed by atoms with Crippen LogP contribution in [0.25, 0.3) is 27.9 Å². The maximum Gasteiger partial charge on any atom is 0.158 e. The summed E-state index contributed by atoms with van der Waals surface area (Å²) in [5, 5.41) is 4.37. The lowest BCUT2D eigenvalue weighted by Crippen LogP contribution is -2.32. The molecule has 0 aromatic carbocycles. The van der Waals surface area contributed by atoms with Gasteiger partial charge in [-0.25, -0.2) is 14.5 Å². The normalized spacial score (nSPS) is 14.6. The summed E-state index contributed by atoms with van der Waals surface area (Å²) in [6.45, 7) is 11.3. The summed E-state index contributed by atoms with van der Waals surface area (Å²) in [5.41, 5.74) is 8.89. The van der Waals surface area contributed by atoms with Gasteiger partial charge in [0.1, 0.15) is 12.1 Å². The summed E-state index contributed by atoms with van der Waals surface area (Å²) >= 11 is 0. The average molecular weight is 387 g/mol. The number of pyridine rings is 2. The van der Waals surface area contributed by atoms with E-state index in [4.69, 9.17) is 4.98 Å². The van der Waals surface area contributed by atoms with E-state index in [0.29, 0.717) is 5.92 Å². The van der Waals surface area contributed by atoms with Crippen molar-refractivity contribution in [1.82, 2.24) is 24.6 Å². The first-order valence-corrected chi connectivity index (χ1v) is 10.1. The minimum Gasteiger partial charge on any atom is -0.353 e. The summed E-state index contributed by atoms with van der Waals surface area (Å²) in [6.07, 6.45) is 5.65. The van der Waals surface area contributed by atoms with Crippen LogP contribution in [-0.2, 0) is 0 Å². The summed E-state index contributed by atoms with van der Waals surface area (Å²) in [7, 11) is 0. The van der Waals surface area contributed by atoms with Crippen LogP contribution in [0.5, 0.6) is 0 Å². The number of fused-ring (bicyclic) bond motifs is 2. The highest BCUT2D eigenvalue weighted by Gasteiger charge is 2.22. The fraction of sp³-hybridized carbons (Fsp3) is 0.364. The molecular formula is C22H25N7. The van der Waals surface area contributed by atoms with E-state index in [0.717, 1.165) is 59.0 Å². The molecule has 148 valence electrons. The molecule has 1 N–H and O–H groups in total. The highest BCUT2D eigenvalue weighted by molar-refractivity contribution is 5.90. The van der Waals surface area contributed by atoms with Crippen molar-refractivity contribution in [3.05, 3.63) is 41.3 Å². The van der Waals surface area contributed by atoms with Gasteiger partial charge in [-0.05, 0) is 43.0 Å². The second-order valence-corrected chi connectivity index (χ2v) is 7.99. The van der Waals surface area contributed by atoms with Crippen LogP contribution in [0.1, 0.15) is 36.5 Å². The number of hydrogen-bond acceptors (Lipinski definition) is 5. The molecule has 7 heteroatoms. The Balaban J connectivity index is 1.73. The lowest BCUT2D eigenvalue weighted by Gasteiger charge is -2.24. The molecule has 0 atom stereocenters. The molecule has 0 bridgehead atoms. The van der Waals surface area contributed by atoms with Crippen LogP contribution in [0.4, 0.5) is 5.82 Å². The number of anilines is 1. The molecule has 29 heavy (non-hydrogen) atoms. The van der Waals surface area contributed by atoms with Crippen LogP contribution in [0.2, 0.25) is 0 Å². The van der Waals surface area contributed by atoms with E-state index in [9.17, 15) is 0 Å². The number of H-pyrrole nitrogens is 1. The number of aryl methyl sites for hydroxylation is 1. The zero-order chi connectivity index (χ0) is 20.1. The van der Waals surface area contributed by atoms with E-state index in [-0.39, 0.29) is 0 Å². The molecule has 5 rings (SSSR count). The Morgan fingerprint density at radius 2 is 2.00 bits per heavy atom. The molecule has 0 fully saturated rings. The largest absolute Gasteiger partial charge is 0.353 e. The molecule has 7 nitrogen and oxygen atoms in total. The molecule has 4 aromatic rings. The molecular weight excluding hydrogens is 362 g/mol. The molecule has 0 radical (unpaired) electrons. The molecule has 0 spiro atoms. The van der Waals surface area contributed by atoms with Gasteiger partial charge in [-0.2, -0.15) is 5.10 Å². The third kappa shape index (κ3) is 2.80. The first kappa shape index (κ1) is 17.8. The summed E-state index contributed by atoms with van der Waals surface area (Å²) in [5.74, 6) is 1.34. The quantitative estimate of drug-likeness (QED) is 0.578. The van der Waals surface area contributed by atoms with Crippen LogP contribution in [0.15, 0.2) is 29.6 Å². The number of nitrogens with one attached hydrogen (secondary N) is 1. The number of rotatable bonds is 3. The first-order valence-electron chi connectivity index (χ1n) is 10.1. The summed E-state index contributed by atoms with van der Waals surface area (Å²) in [6, 6.07) is 4.25. The minimum atomic E-state index is 0.329. The topological polar surface area (TPSA) is 74.5 Å². The van der Waals surface area contributed by atoms with Crippen molar-refractivity contribution in [2.75, 3.05) is 24.5 Å². The average Bonchev–Trinajstić information content (AvgIpc) is 3.35. The van der Waals surface area contributed by atoms with Gasteiger partial charge in [-0.1, -0.05) is 13.8 Å². The van der Waals surface area contributed by atoms with Crippen molar-refractivity contribution in [3.63, 3.8) is 0 Å². The minimum absolute atomic E-state index is 0.329. The Bertz CT molecular complexity index is 1250. The van der Waals surface area contributed by atoms with Crippen LogP contribution < -0.4 is 4.90 Å². The fourth-order valence-corrected chi connectivity index (χ4v) is 4.21. The Labute approximate surface area is 169 Å². The highest BCUT2D eigenvalue weighted by atomic mass is 15.3. The van der Waals surface area contributed by atoms with Crippen molar-refractivity contribution in [1.29, 1.82) is 0 Å². The zero-order valence-electron chi connectivity index (χ0n) is 17.3. The molecule has 1 aliphatic rings. The predicted octanol–water partition coefficient (Wildman–Crippen LogP) is 3.90. The third-order valence-electron chi connectivity index (χ3n) is 5.89. The zero-order valence-corrected chi connectivity index (χ0v) is 17.3. The maximum atomic E-state index is 5.07. The van der Waals surface area contributed by atoms with Crippen LogP contribution >= 0.6 is 0 Å². The van der Waals surface area contributed by atoms with Gasteiger partial charge in [0.15, 0.2) is 5.65 Å². The Morgan fingerprint density at radius 3 is 2.76 bits per heavy atom. The van der Waals surface area contributed by atoms with Gasteiger partial charge in [0.25, 0.3) is 0 Å². The van der Waals surface area contributed by atoms with Gasteiger partial charge in [-0.15, -0.1) is 0 Å². The number of aromatic nitrogens is 5. The molecule has 5 heterocycles. The van der Waals surface area contributed by atoms with E-state index in [1.54, 1.807) is 6.33 Å². The van der Waals surface area contributed by atoms with E-state index >= 15 is 0 Å². The molecule has 0 aliphatic carbocycles. The van der Waals surface area contributed by atoms with Crippen molar-refractivity contribution >= 4 is 28.7 Å². The molecule has 0 saturated heterocycles. The number of hydrogen-bond donors (Lipinski definition) is 1. The Morgan fingerprint density at radius 1 is 1.14 bits per heavy atom. The van der Waals surface area contributed by atoms with Crippen molar-refractivity contribution in [3.8, 4) is 11.3 Å². The van der Waals surface area contributed by atoms with Gasteiger partial charge in [-0.3, -0.25) is 4.99 Å². The van der Waals surface area contributed by atoms with E-state index < -0.39 is 0 Å². The standard InChI is InChI=1S/C22H25N7/c1-13(2)19-20(16-11-29-22(24-12-25-29)15(4)14(16)3)26-17-5-6-18(27-21(17)19)28-9-7-23-8-10-28/h5-7,11-13,26H,8-10H2,1-4H3. The van der Waals surface area contributed by atoms with Gasteiger partial charge in [0.2, 0.25) is 0 Å². The number of aromatic amines is 1. The highest BCUT2D eigenvalue weighted by Crippen LogP contribution is 2.37. The predicted molar refractivity (Wildman–Crippen MR) is 117 cm³/mol. The fourth-order valence-electron chi connectivity index (χ4n) is 4.21. The Hall–Kier alpha value is -3.22. The molecule has 0 amide bonds. The smallest absolute Gasteiger partial charge is 0.158 e. The van der Waals surface area contributed by atoms with E-state index in [1.165, 1.54) is 11.1 Å². The van der Waals surface area contributed by atoms with Crippen LogP contribution in [0.3, 0.4) is 0 Å². The van der Waals surface area contributed by atoms with Gasteiger partial charge in [0, 0.05) is 30.1 Å². The number of aliphatic imine (C=N–C) groups is 1. The van der Waals surface area contributed by atoms with Crippen LogP contribution in [0, 0.1) is 13.8 Å². The lowest BCUT2D eigenvalue weighted by atomic mass is 9.95.